The molecule has 1 aliphatic rings. The second-order valence-corrected chi connectivity index (χ2v) is 6.87. The molecule has 0 saturated carbocycles. The number of thiazole rings is 1. The summed E-state index contributed by atoms with van der Waals surface area (Å²) in [6.45, 7) is 3.82. The Morgan fingerprint density at radius 1 is 1.45 bits per heavy atom. The van der Waals surface area contributed by atoms with Crippen molar-refractivity contribution in [1.29, 1.82) is 0 Å². The van der Waals surface area contributed by atoms with E-state index in [0.29, 0.717) is 0 Å². The van der Waals surface area contributed by atoms with Crippen LogP contribution in [-0.2, 0) is 0 Å². The van der Waals surface area contributed by atoms with Crippen LogP contribution in [0.5, 0.6) is 0 Å². The van der Waals surface area contributed by atoms with E-state index < -0.39 is 0 Å². The maximum atomic E-state index is 12.4. The first-order valence-electron chi connectivity index (χ1n) is 6.77. The van der Waals surface area contributed by atoms with Gasteiger partial charge in [0.25, 0.3) is 5.91 Å². The normalized spacial score (nSPS) is 17.2. The molecule has 0 bridgehead atoms. The van der Waals surface area contributed by atoms with Crippen LogP contribution in [0.1, 0.15) is 28.2 Å². The highest BCUT2D eigenvalue weighted by molar-refractivity contribution is 7.22. The summed E-state index contributed by atoms with van der Waals surface area (Å²) in [6, 6.07) is 4.28. The van der Waals surface area contributed by atoms with Crippen molar-refractivity contribution in [1.82, 2.24) is 15.6 Å². The van der Waals surface area contributed by atoms with Crippen LogP contribution in [0.2, 0.25) is 0 Å². The van der Waals surface area contributed by atoms with Crippen LogP contribution < -0.4 is 10.6 Å². The molecule has 1 amide bonds. The minimum absolute atomic E-state index is 0. The topological polar surface area (TPSA) is 54.0 Å². The molecule has 0 radical (unpaired) electrons. The van der Waals surface area contributed by atoms with Gasteiger partial charge in [0, 0.05) is 12.6 Å². The van der Waals surface area contributed by atoms with Crippen molar-refractivity contribution in [3.05, 3.63) is 28.1 Å². The van der Waals surface area contributed by atoms with Gasteiger partial charge in [-0.1, -0.05) is 6.07 Å². The third-order valence-electron chi connectivity index (χ3n) is 3.37. The number of hydrogen-bond acceptors (Lipinski definition) is 5. The maximum absolute atomic E-state index is 12.4. The van der Waals surface area contributed by atoms with Crippen molar-refractivity contribution >= 4 is 53.4 Å². The van der Waals surface area contributed by atoms with E-state index >= 15 is 0 Å². The third-order valence-corrected chi connectivity index (χ3v) is 5.56. The molecule has 1 unspecified atom stereocenters. The molecule has 3 heterocycles. The van der Waals surface area contributed by atoms with Gasteiger partial charge in [-0.15, -0.1) is 47.5 Å². The summed E-state index contributed by atoms with van der Waals surface area (Å²) in [5, 5.41) is 9.38. The van der Waals surface area contributed by atoms with E-state index in [9.17, 15) is 4.79 Å². The number of amides is 1. The molecule has 1 fully saturated rings. The van der Waals surface area contributed by atoms with Gasteiger partial charge < -0.3 is 10.6 Å². The average molecular weight is 380 g/mol. The van der Waals surface area contributed by atoms with Gasteiger partial charge in [-0.05, 0) is 37.8 Å². The molecular formula is C14H19Cl2N3OS2. The summed E-state index contributed by atoms with van der Waals surface area (Å²) in [4.78, 5) is 18.7. The van der Waals surface area contributed by atoms with Gasteiger partial charge in [0.2, 0.25) is 0 Å². The Morgan fingerprint density at radius 2 is 2.27 bits per heavy atom. The largest absolute Gasteiger partial charge is 0.347 e. The van der Waals surface area contributed by atoms with Crippen molar-refractivity contribution in [3.8, 4) is 9.88 Å². The van der Waals surface area contributed by atoms with Gasteiger partial charge in [0.15, 0.2) is 0 Å². The predicted octanol–water partition coefficient (Wildman–Crippen LogP) is 3.51. The standard InChI is InChI=1S/C14H17N3OS2.2ClH/c1-9-12(13(18)17-10-4-2-6-15-8-10)20-14(16-9)11-5-3-7-19-11;;/h3,5,7,10,15H,2,4,6,8H2,1H3,(H,17,18);2*1H. The Balaban J connectivity index is 0.00000121. The smallest absolute Gasteiger partial charge is 0.263 e. The van der Waals surface area contributed by atoms with E-state index in [1.54, 1.807) is 11.3 Å². The van der Waals surface area contributed by atoms with Crippen LogP contribution in [0, 0.1) is 6.92 Å². The maximum Gasteiger partial charge on any atom is 0.263 e. The van der Waals surface area contributed by atoms with Crippen LogP contribution in [0.15, 0.2) is 17.5 Å². The van der Waals surface area contributed by atoms with Gasteiger partial charge >= 0.3 is 0 Å². The molecule has 0 aliphatic carbocycles. The summed E-state index contributed by atoms with van der Waals surface area (Å²) in [7, 11) is 0. The lowest BCUT2D eigenvalue weighted by Crippen LogP contribution is -2.45. The molecule has 1 atom stereocenters. The summed E-state index contributed by atoms with van der Waals surface area (Å²) >= 11 is 3.13. The lowest BCUT2D eigenvalue weighted by Gasteiger charge is -2.23. The molecule has 22 heavy (non-hydrogen) atoms. The van der Waals surface area contributed by atoms with E-state index in [4.69, 9.17) is 0 Å². The predicted molar refractivity (Wildman–Crippen MR) is 98.0 cm³/mol. The van der Waals surface area contributed by atoms with E-state index in [0.717, 1.165) is 46.4 Å². The van der Waals surface area contributed by atoms with E-state index in [2.05, 4.69) is 15.6 Å². The van der Waals surface area contributed by atoms with Gasteiger partial charge in [0.05, 0.1) is 10.6 Å². The molecule has 3 rings (SSSR count). The lowest BCUT2D eigenvalue weighted by molar-refractivity contribution is 0.0934. The van der Waals surface area contributed by atoms with E-state index in [-0.39, 0.29) is 36.8 Å². The molecular weight excluding hydrogens is 361 g/mol. The number of carbonyl (C=O) groups excluding carboxylic acids is 1. The monoisotopic (exact) mass is 379 g/mol. The number of halogens is 2. The molecule has 4 nitrogen and oxygen atoms in total. The third kappa shape index (κ3) is 4.43. The zero-order valence-corrected chi connectivity index (χ0v) is 15.4. The minimum Gasteiger partial charge on any atom is -0.347 e. The highest BCUT2D eigenvalue weighted by Crippen LogP contribution is 2.31. The number of aryl methyl sites for hydroxylation is 1. The molecule has 2 N–H and O–H groups in total. The zero-order chi connectivity index (χ0) is 13.9. The van der Waals surface area contributed by atoms with Crippen molar-refractivity contribution in [3.63, 3.8) is 0 Å². The first kappa shape index (κ1) is 19.4. The quantitative estimate of drug-likeness (QED) is 0.857. The average Bonchev–Trinajstić information content (AvgIpc) is 3.08. The van der Waals surface area contributed by atoms with Crippen LogP contribution >= 0.6 is 47.5 Å². The minimum atomic E-state index is 0. The Kier molecular flexibility index (Phi) is 7.79. The number of carbonyl (C=O) groups is 1. The summed E-state index contributed by atoms with van der Waals surface area (Å²) in [5.74, 6) is 0.0107. The fourth-order valence-corrected chi connectivity index (χ4v) is 4.10. The summed E-state index contributed by atoms with van der Waals surface area (Å²) < 4.78 is 0. The molecule has 8 heteroatoms. The molecule has 1 aliphatic heterocycles. The number of hydrogen-bond donors (Lipinski definition) is 2. The number of thiophene rings is 1. The molecule has 0 aromatic carbocycles. The fraction of sp³-hybridized carbons (Fsp3) is 0.429. The van der Waals surface area contributed by atoms with Crippen LogP contribution in [-0.4, -0.2) is 30.0 Å². The van der Waals surface area contributed by atoms with Crippen LogP contribution in [0.25, 0.3) is 9.88 Å². The number of aromatic nitrogens is 1. The Bertz CT molecular complexity index is 595. The zero-order valence-electron chi connectivity index (χ0n) is 12.1. The Hall–Kier alpha value is -0.660. The highest BCUT2D eigenvalue weighted by Gasteiger charge is 2.20. The number of nitrogens with one attached hydrogen (secondary N) is 2. The summed E-state index contributed by atoms with van der Waals surface area (Å²) in [5.41, 5.74) is 0.819. The number of nitrogens with zero attached hydrogens (tertiary/aromatic N) is 1. The summed E-state index contributed by atoms with van der Waals surface area (Å²) in [6.07, 6.45) is 2.17. The molecule has 2 aromatic rings. The Labute approximate surface area is 150 Å². The van der Waals surface area contributed by atoms with Crippen LogP contribution in [0.4, 0.5) is 0 Å². The first-order chi connectivity index (χ1) is 9.74. The first-order valence-corrected chi connectivity index (χ1v) is 8.46. The van der Waals surface area contributed by atoms with Crippen LogP contribution in [0.3, 0.4) is 0 Å². The second-order valence-electron chi connectivity index (χ2n) is 4.93. The van der Waals surface area contributed by atoms with Crippen molar-refractivity contribution in [2.24, 2.45) is 0 Å². The van der Waals surface area contributed by atoms with E-state index in [1.807, 2.05) is 24.4 Å². The number of piperidine rings is 1. The van der Waals surface area contributed by atoms with Crippen molar-refractivity contribution in [2.75, 3.05) is 13.1 Å². The molecule has 2 aromatic heterocycles. The van der Waals surface area contributed by atoms with Gasteiger partial charge in [-0.2, -0.15) is 0 Å². The molecule has 0 spiro atoms. The van der Waals surface area contributed by atoms with Gasteiger partial charge in [-0.25, -0.2) is 4.98 Å². The van der Waals surface area contributed by atoms with Crippen molar-refractivity contribution < 1.29 is 4.79 Å². The van der Waals surface area contributed by atoms with Gasteiger partial charge in [-0.3, -0.25) is 4.79 Å². The fourth-order valence-electron chi connectivity index (χ4n) is 2.34. The lowest BCUT2D eigenvalue weighted by atomic mass is 10.1. The Morgan fingerprint density at radius 3 is 2.91 bits per heavy atom. The second kappa shape index (κ2) is 8.84. The molecule has 122 valence electrons. The SMILES string of the molecule is Cc1nc(-c2cccs2)sc1C(=O)NC1CCCNC1.Cl.Cl. The van der Waals surface area contributed by atoms with Crippen molar-refractivity contribution in [2.45, 2.75) is 25.8 Å². The van der Waals surface area contributed by atoms with Gasteiger partial charge in [0.1, 0.15) is 9.88 Å². The van der Waals surface area contributed by atoms with E-state index in [1.165, 1.54) is 11.3 Å². The number of rotatable bonds is 3. The molecule has 1 saturated heterocycles. The highest BCUT2D eigenvalue weighted by atomic mass is 35.5.